The number of anilines is 5. The molecule has 4 N–H and O–H groups in total. The Morgan fingerprint density at radius 2 is 1.74 bits per heavy atom. The van der Waals surface area contributed by atoms with E-state index in [1.54, 1.807) is 44.2 Å². The maximum atomic E-state index is 15.3. The molecule has 5 aliphatic rings. The molecule has 3 saturated heterocycles. The third-order valence-corrected chi connectivity index (χ3v) is 13.5. The van der Waals surface area contributed by atoms with Gasteiger partial charge in [-0.15, -0.1) is 0 Å². The predicted octanol–water partition coefficient (Wildman–Crippen LogP) is 4.72. The lowest BCUT2D eigenvalue weighted by Gasteiger charge is -2.53. The number of imide groups is 1. The van der Waals surface area contributed by atoms with E-state index in [-0.39, 0.29) is 53.2 Å². The van der Waals surface area contributed by atoms with E-state index in [0.29, 0.717) is 67.1 Å². The highest BCUT2D eigenvalue weighted by Gasteiger charge is 2.49. The van der Waals surface area contributed by atoms with Gasteiger partial charge in [-0.1, -0.05) is 6.07 Å². The Bertz CT molecular complexity index is 2240. The number of hydrogen-bond donors (Lipinski definition) is 4. The number of nitrogens with one attached hydrogen (secondary N) is 3. The summed E-state index contributed by atoms with van der Waals surface area (Å²) >= 11 is 0. The minimum atomic E-state index is -3.61. The summed E-state index contributed by atoms with van der Waals surface area (Å²) in [5.41, 5.74) is 1.29. The summed E-state index contributed by atoms with van der Waals surface area (Å²) in [5, 5.41) is 20.1. The molecule has 0 bridgehead atoms. The molecule has 4 fully saturated rings. The summed E-state index contributed by atoms with van der Waals surface area (Å²) in [6.45, 7) is 5.91. The number of piperidine rings is 3. The van der Waals surface area contributed by atoms with Crippen molar-refractivity contribution >= 4 is 52.5 Å². The van der Waals surface area contributed by atoms with Crippen LogP contribution in [0.4, 0.5) is 42.0 Å². The number of nitrogens with zero attached hydrogens (tertiary/aromatic N) is 6. The number of likely N-dealkylation sites (tertiary alicyclic amines) is 1. The normalized spacial score (nSPS) is 22.5. The number of alkyl halides is 2. The zero-order valence-electron chi connectivity index (χ0n) is 35.5. The topological polar surface area (TPSA) is 173 Å². The SMILES string of the molecule is COc1cc(C(=O)NC2CC3(CCN(CC4(O)CCN(c5ccc(C6CCC(=O)NC6=O)cc5F)CC4)CC3)C2)ccc1Nc1ncc2c(n1)N(C(C)C)CC(F)(F)C(=O)N2C. The van der Waals surface area contributed by atoms with Crippen LogP contribution in [0.5, 0.6) is 5.75 Å². The Hall–Kier alpha value is -5.49. The average molecular weight is 862 g/mol. The molecule has 1 aliphatic carbocycles. The lowest BCUT2D eigenvalue weighted by Crippen LogP contribution is -2.57. The third-order valence-electron chi connectivity index (χ3n) is 13.5. The van der Waals surface area contributed by atoms with Crippen molar-refractivity contribution in [1.29, 1.82) is 0 Å². The van der Waals surface area contributed by atoms with E-state index in [1.807, 2.05) is 4.90 Å². The molecule has 1 spiro atoms. The molecule has 1 unspecified atom stereocenters. The fraction of sp³-hybridized carbons (Fsp3) is 0.545. The van der Waals surface area contributed by atoms with Crippen LogP contribution in [0.2, 0.25) is 0 Å². The van der Waals surface area contributed by atoms with Gasteiger partial charge in [0.2, 0.25) is 17.8 Å². The predicted molar refractivity (Wildman–Crippen MR) is 226 cm³/mol. The van der Waals surface area contributed by atoms with Crippen molar-refractivity contribution in [3.8, 4) is 5.75 Å². The van der Waals surface area contributed by atoms with Crippen LogP contribution >= 0.6 is 0 Å². The van der Waals surface area contributed by atoms with Gasteiger partial charge in [-0.05, 0) is 113 Å². The summed E-state index contributed by atoms with van der Waals surface area (Å²) < 4.78 is 50.4. The van der Waals surface area contributed by atoms with Crippen molar-refractivity contribution in [3.63, 3.8) is 0 Å². The fourth-order valence-electron chi connectivity index (χ4n) is 9.77. The number of benzene rings is 2. The number of methoxy groups -OCH3 is 1. The molecule has 18 heteroatoms. The molecule has 3 aromatic rings. The number of ether oxygens (including phenoxy) is 1. The zero-order chi connectivity index (χ0) is 44.1. The molecule has 1 atom stereocenters. The van der Waals surface area contributed by atoms with Crippen molar-refractivity contribution < 1.29 is 42.2 Å². The first-order valence-corrected chi connectivity index (χ1v) is 21.3. The summed E-state index contributed by atoms with van der Waals surface area (Å²) in [5.74, 6) is -6.19. The zero-order valence-corrected chi connectivity index (χ0v) is 35.5. The van der Waals surface area contributed by atoms with Crippen LogP contribution in [0.15, 0.2) is 42.6 Å². The van der Waals surface area contributed by atoms with Gasteiger partial charge in [-0.25, -0.2) is 9.37 Å². The maximum Gasteiger partial charge on any atom is 0.342 e. The van der Waals surface area contributed by atoms with Crippen LogP contribution in [-0.4, -0.2) is 121 Å². The first-order valence-electron chi connectivity index (χ1n) is 21.3. The number of rotatable bonds is 10. The van der Waals surface area contributed by atoms with Gasteiger partial charge < -0.3 is 40.1 Å². The van der Waals surface area contributed by atoms with Crippen molar-refractivity contribution in [2.75, 3.05) is 73.4 Å². The van der Waals surface area contributed by atoms with E-state index in [4.69, 9.17) is 4.74 Å². The lowest BCUT2D eigenvalue weighted by molar-refractivity contribution is -0.140. The fourth-order valence-corrected chi connectivity index (χ4v) is 9.77. The molecule has 2 aromatic carbocycles. The van der Waals surface area contributed by atoms with E-state index >= 15 is 4.39 Å². The van der Waals surface area contributed by atoms with Gasteiger partial charge in [0.05, 0.1) is 42.7 Å². The minimum Gasteiger partial charge on any atom is -0.495 e. The molecule has 5 heterocycles. The molecule has 15 nitrogen and oxygen atoms in total. The summed E-state index contributed by atoms with van der Waals surface area (Å²) in [6, 6.07) is 9.43. The largest absolute Gasteiger partial charge is 0.495 e. The Morgan fingerprint density at radius 1 is 1.02 bits per heavy atom. The first-order chi connectivity index (χ1) is 29.4. The van der Waals surface area contributed by atoms with Crippen molar-refractivity contribution in [3.05, 3.63) is 59.5 Å². The van der Waals surface area contributed by atoms with Gasteiger partial charge in [-0.3, -0.25) is 24.5 Å². The monoisotopic (exact) mass is 861 g/mol. The van der Waals surface area contributed by atoms with Crippen molar-refractivity contribution in [2.45, 2.75) is 94.7 Å². The van der Waals surface area contributed by atoms with E-state index in [1.165, 1.54) is 31.3 Å². The highest BCUT2D eigenvalue weighted by Crippen LogP contribution is 2.49. The van der Waals surface area contributed by atoms with E-state index in [2.05, 4.69) is 30.8 Å². The molecule has 332 valence electrons. The van der Waals surface area contributed by atoms with Crippen LogP contribution in [0.25, 0.3) is 0 Å². The number of halogens is 3. The molecule has 0 radical (unpaired) electrons. The Balaban J connectivity index is 0.804. The molecular formula is C44H54F3N9O6. The summed E-state index contributed by atoms with van der Waals surface area (Å²) in [7, 11) is 2.75. The van der Waals surface area contributed by atoms with Gasteiger partial charge in [0.1, 0.15) is 17.3 Å². The van der Waals surface area contributed by atoms with Gasteiger partial charge >= 0.3 is 5.92 Å². The van der Waals surface area contributed by atoms with Gasteiger partial charge in [0.25, 0.3) is 11.8 Å². The van der Waals surface area contributed by atoms with Crippen LogP contribution in [-0.2, 0) is 14.4 Å². The van der Waals surface area contributed by atoms with E-state index in [9.17, 15) is 33.1 Å². The standard InChI is InChI=1S/C44H54F3N9O6/c1-26(2)56-25-44(46,47)40(60)53(3)34-23-48-41(52-37(34)56)50-32-8-5-28(20-35(32)62-4)38(58)49-29-21-42(22-29)11-15-54(16-12-42)24-43(61)13-17-55(18-14-43)33-9-6-27(19-31(33)45)30-7-10-36(57)51-39(30)59/h5-6,8-9,19-20,23,26,29-30,61H,7,10-18,21-22,24-25H2,1-4H3,(H,49,58)(H,48,50,52)(H,51,57,59). The van der Waals surface area contributed by atoms with E-state index in [0.717, 1.165) is 43.7 Å². The van der Waals surface area contributed by atoms with Crippen LogP contribution in [0.3, 0.4) is 0 Å². The number of fused-ring (bicyclic) bond motifs is 1. The minimum absolute atomic E-state index is 0.0270. The second-order valence-electron chi connectivity index (χ2n) is 18.0. The molecule has 1 saturated carbocycles. The number of β-amino-alcohol motifs (C(OH)–C–C–N with tert-alkyl or cyclic N) is 1. The number of hydrogen-bond acceptors (Lipinski definition) is 12. The van der Waals surface area contributed by atoms with Crippen molar-refractivity contribution in [2.24, 2.45) is 5.41 Å². The van der Waals surface area contributed by atoms with Gasteiger partial charge in [0.15, 0.2) is 5.82 Å². The molecule has 1 aromatic heterocycles. The molecule has 4 aliphatic heterocycles. The number of carbonyl (C=O) groups is 4. The molecular weight excluding hydrogens is 808 g/mol. The maximum absolute atomic E-state index is 15.3. The van der Waals surface area contributed by atoms with E-state index < -0.39 is 41.6 Å². The Morgan fingerprint density at radius 3 is 2.40 bits per heavy atom. The molecule has 4 amide bonds. The summed E-state index contributed by atoms with van der Waals surface area (Å²) in [4.78, 5) is 65.0. The van der Waals surface area contributed by atoms with Gasteiger partial charge in [0, 0.05) is 50.7 Å². The highest BCUT2D eigenvalue weighted by molar-refractivity contribution is 6.02. The number of carbonyl (C=O) groups excluding carboxylic acids is 4. The molecule has 8 rings (SSSR count). The third kappa shape index (κ3) is 8.63. The highest BCUT2D eigenvalue weighted by atomic mass is 19.3. The van der Waals surface area contributed by atoms with Crippen molar-refractivity contribution in [1.82, 2.24) is 25.5 Å². The first kappa shape index (κ1) is 43.2. The lowest BCUT2D eigenvalue weighted by atomic mass is 9.60. The Kier molecular flexibility index (Phi) is 11.6. The summed E-state index contributed by atoms with van der Waals surface area (Å²) in [6.07, 6.45) is 6.59. The Labute approximate surface area is 358 Å². The van der Waals surface area contributed by atoms with Gasteiger partial charge in [-0.2, -0.15) is 13.8 Å². The quantitative estimate of drug-likeness (QED) is 0.207. The molecule has 62 heavy (non-hydrogen) atoms. The number of aliphatic hydroxyl groups is 1. The smallest absolute Gasteiger partial charge is 0.342 e. The number of amides is 4. The second-order valence-corrected chi connectivity index (χ2v) is 18.0. The number of aromatic nitrogens is 2. The second kappa shape index (κ2) is 16.7. The van der Waals surface area contributed by atoms with Crippen LogP contribution in [0.1, 0.15) is 87.1 Å². The average Bonchev–Trinajstić information content (AvgIpc) is 3.29. The van der Waals surface area contributed by atoms with Crippen LogP contribution in [0, 0.1) is 11.2 Å². The van der Waals surface area contributed by atoms with Crippen LogP contribution < -0.4 is 35.4 Å².